The molecule has 2 aromatic rings. The van der Waals surface area contributed by atoms with E-state index in [9.17, 15) is 19.2 Å². The van der Waals surface area contributed by atoms with Crippen molar-refractivity contribution in [3.8, 4) is 11.5 Å². The summed E-state index contributed by atoms with van der Waals surface area (Å²) in [6.45, 7) is 1.28. The van der Waals surface area contributed by atoms with Gasteiger partial charge in [-0.15, -0.1) is 0 Å². The highest BCUT2D eigenvalue weighted by Crippen LogP contribution is 2.37. The summed E-state index contributed by atoms with van der Waals surface area (Å²) < 4.78 is 16.3. The minimum Gasteiger partial charge on any atom is -0.490 e. The molecule has 0 spiro atoms. The Morgan fingerprint density at radius 1 is 1.29 bits per heavy atom. The van der Waals surface area contributed by atoms with Crippen LogP contribution >= 0.6 is 15.9 Å². The van der Waals surface area contributed by atoms with Crippen molar-refractivity contribution in [2.75, 3.05) is 13.2 Å². The number of barbiturate groups is 1. The van der Waals surface area contributed by atoms with Gasteiger partial charge in [-0.2, -0.15) is 0 Å². The molecule has 1 fully saturated rings. The fourth-order valence-corrected chi connectivity index (χ4v) is 3.34. The Labute approximate surface area is 184 Å². The fourth-order valence-electron chi connectivity index (χ4n) is 2.77. The zero-order valence-corrected chi connectivity index (χ0v) is 17.8. The predicted molar refractivity (Wildman–Crippen MR) is 109 cm³/mol. The molecule has 0 saturated carbocycles. The number of ether oxygens (including phenoxy) is 2. The molecule has 2 heterocycles. The molecule has 4 amide bonds. The number of carbonyl (C=O) groups is 4. The Hall–Kier alpha value is -3.60. The standard InChI is InChI=1S/C20H17BrN2O8/c1-2-29-15-8-11(7-14(21)17(15)31-10-16(24)25)6-13-18(26)22-20(28)23(19(13)27)9-12-4-3-5-30-12/h3-8H,2,9-10H2,1H3,(H,24,25)(H,22,26,28). The van der Waals surface area contributed by atoms with Crippen LogP contribution in [0.1, 0.15) is 18.2 Å². The first kappa shape index (κ1) is 22.1. The summed E-state index contributed by atoms with van der Waals surface area (Å²) in [5, 5.41) is 11.0. The monoisotopic (exact) mass is 492 g/mol. The first-order chi connectivity index (χ1) is 14.8. The molecule has 3 rings (SSSR count). The number of rotatable bonds is 8. The number of hydrogen-bond acceptors (Lipinski definition) is 7. The number of furan rings is 1. The van der Waals surface area contributed by atoms with Crippen LogP contribution in [0.3, 0.4) is 0 Å². The van der Waals surface area contributed by atoms with Crippen LogP contribution in [-0.4, -0.2) is 47.0 Å². The molecule has 0 aliphatic carbocycles. The molecule has 0 radical (unpaired) electrons. The van der Waals surface area contributed by atoms with Gasteiger partial charge in [-0.05, 0) is 58.8 Å². The van der Waals surface area contributed by atoms with Crippen LogP contribution in [-0.2, 0) is 20.9 Å². The molecule has 1 aromatic heterocycles. The highest BCUT2D eigenvalue weighted by Gasteiger charge is 2.36. The number of carboxylic acids is 1. The van der Waals surface area contributed by atoms with Gasteiger partial charge in [0.2, 0.25) is 0 Å². The predicted octanol–water partition coefficient (Wildman–Crippen LogP) is 2.57. The Morgan fingerprint density at radius 3 is 2.71 bits per heavy atom. The molecule has 2 N–H and O–H groups in total. The van der Waals surface area contributed by atoms with Crippen LogP contribution in [0.4, 0.5) is 4.79 Å². The van der Waals surface area contributed by atoms with Crippen LogP contribution in [0.25, 0.3) is 6.08 Å². The first-order valence-electron chi connectivity index (χ1n) is 9.02. The third-order valence-electron chi connectivity index (χ3n) is 4.06. The van der Waals surface area contributed by atoms with Crippen molar-refractivity contribution in [1.29, 1.82) is 0 Å². The highest BCUT2D eigenvalue weighted by molar-refractivity contribution is 9.10. The van der Waals surface area contributed by atoms with E-state index in [0.29, 0.717) is 15.8 Å². The second-order valence-electron chi connectivity index (χ2n) is 6.23. The van der Waals surface area contributed by atoms with Crippen molar-refractivity contribution in [1.82, 2.24) is 10.2 Å². The van der Waals surface area contributed by atoms with E-state index in [0.717, 1.165) is 4.90 Å². The smallest absolute Gasteiger partial charge is 0.341 e. The van der Waals surface area contributed by atoms with Gasteiger partial charge in [0, 0.05) is 0 Å². The van der Waals surface area contributed by atoms with Gasteiger partial charge in [0.25, 0.3) is 11.8 Å². The highest BCUT2D eigenvalue weighted by atomic mass is 79.9. The van der Waals surface area contributed by atoms with Gasteiger partial charge in [0.05, 0.1) is 23.9 Å². The topological polar surface area (TPSA) is 135 Å². The number of aliphatic carboxylic acids is 1. The van der Waals surface area contributed by atoms with Gasteiger partial charge in [-0.3, -0.25) is 19.8 Å². The van der Waals surface area contributed by atoms with Crippen LogP contribution in [0.2, 0.25) is 0 Å². The normalized spacial score (nSPS) is 15.2. The summed E-state index contributed by atoms with van der Waals surface area (Å²) in [5.74, 6) is -2.03. The zero-order chi connectivity index (χ0) is 22.5. The lowest BCUT2D eigenvalue weighted by Gasteiger charge is -2.25. The number of halogens is 1. The fraction of sp³-hybridized carbons (Fsp3) is 0.200. The van der Waals surface area contributed by atoms with Crippen LogP contribution in [0, 0.1) is 0 Å². The number of urea groups is 1. The lowest BCUT2D eigenvalue weighted by Crippen LogP contribution is -2.53. The molecule has 0 unspecified atom stereocenters. The number of benzene rings is 1. The Kier molecular flexibility index (Phi) is 6.75. The molecule has 31 heavy (non-hydrogen) atoms. The van der Waals surface area contributed by atoms with Crippen LogP contribution in [0.15, 0.2) is 45.0 Å². The van der Waals surface area contributed by atoms with E-state index >= 15 is 0 Å². The van der Waals surface area contributed by atoms with Gasteiger partial charge in [0.1, 0.15) is 11.3 Å². The lowest BCUT2D eigenvalue weighted by atomic mass is 10.1. The van der Waals surface area contributed by atoms with Crippen LogP contribution < -0.4 is 14.8 Å². The number of nitrogens with one attached hydrogen (secondary N) is 1. The van der Waals surface area contributed by atoms with Gasteiger partial charge in [0.15, 0.2) is 18.1 Å². The van der Waals surface area contributed by atoms with E-state index in [1.54, 1.807) is 19.1 Å². The molecule has 1 aliphatic rings. The van der Waals surface area contributed by atoms with E-state index in [1.807, 2.05) is 0 Å². The number of nitrogens with zero attached hydrogens (tertiary/aromatic N) is 1. The van der Waals surface area contributed by atoms with E-state index in [-0.39, 0.29) is 30.2 Å². The zero-order valence-electron chi connectivity index (χ0n) is 16.2. The molecule has 1 saturated heterocycles. The van der Waals surface area contributed by atoms with E-state index in [4.69, 9.17) is 19.0 Å². The lowest BCUT2D eigenvalue weighted by molar-refractivity contribution is -0.139. The molecular formula is C20H17BrN2O8. The van der Waals surface area contributed by atoms with Crippen LogP contribution in [0.5, 0.6) is 11.5 Å². The average Bonchev–Trinajstić information content (AvgIpc) is 3.21. The minimum absolute atomic E-state index is 0.141. The number of amides is 4. The van der Waals surface area contributed by atoms with Crippen molar-refractivity contribution in [2.45, 2.75) is 13.5 Å². The molecule has 1 aromatic carbocycles. The average molecular weight is 493 g/mol. The van der Waals surface area contributed by atoms with Gasteiger partial charge in [-0.1, -0.05) is 0 Å². The van der Waals surface area contributed by atoms with Crippen molar-refractivity contribution >= 4 is 45.8 Å². The van der Waals surface area contributed by atoms with Crippen molar-refractivity contribution in [2.24, 2.45) is 0 Å². The van der Waals surface area contributed by atoms with E-state index in [1.165, 1.54) is 24.5 Å². The molecular weight excluding hydrogens is 476 g/mol. The first-order valence-corrected chi connectivity index (χ1v) is 9.81. The maximum Gasteiger partial charge on any atom is 0.341 e. The van der Waals surface area contributed by atoms with Gasteiger partial charge < -0.3 is 19.0 Å². The summed E-state index contributed by atoms with van der Waals surface area (Å²) in [7, 11) is 0. The van der Waals surface area contributed by atoms with Gasteiger partial charge in [-0.25, -0.2) is 9.59 Å². The van der Waals surface area contributed by atoms with E-state index < -0.39 is 30.4 Å². The van der Waals surface area contributed by atoms with Crippen molar-refractivity contribution < 1.29 is 38.2 Å². The van der Waals surface area contributed by atoms with Gasteiger partial charge >= 0.3 is 12.0 Å². The Morgan fingerprint density at radius 2 is 2.06 bits per heavy atom. The number of imide groups is 2. The molecule has 11 heteroatoms. The second-order valence-corrected chi connectivity index (χ2v) is 7.09. The quantitative estimate of drug-likeness (QED) is 0.423. The molecule has 10 nitrogen and oxygen atoms in total. The third kappa shape index (κ3) is 5.12. The SMILES string of the molecule is CCOc1cc(C=C2C(=O)NC(=O)N(Cc3ccco3)C2=O)cc(Br)c1OCC(=O)O. The minimum atomic E-state index is -1.16. The second kappa shape index (κ2) is 9.47. The number of carbonyl (C=O) groups excluding carboxylic acids is 3. The summed E-state index contributed by atoms with van der Waals surface area (Å²) in [5.41, 5.74) is 0.128. The number of carboxylic acid groups (broad SMARTS) is 1. The summed E-state index contributed by atoms with van der Waals surface area (Å²) >= 11 is 3.28. The van der Waals surface area contributed by atoms with Crippen molar-refractivity contribution in [3.05, 3.63) is 51.9 Å². The molecule has 0 atom stereocenters. The van der Waals surface area contributed by atoms with Crippen molar-refractivity contribution in [3.63, 3.8) is 0 Å². The summed E-state index contributed by atoms with van der Waals surface area (Å²) in [4.78, 5) is 48.9. The third-order valence-corrected chi connectivity index (χ3v) is 4.65. The molecule has 162 valence electrons. The van der Waals surface area contributed by atoms with E-state index in [2.05, 4.69) is 21.2 Å². The Balaban J connectivity index is 1.94. The molecule has 1 aliphatic heterocycles. The maximum absolute atomic E-state index is 12.8. The molecule has 0 bridgehead atoms. The maximum atomic E-state index is 12.8. The summed E-state index contributed by atoms with van der Waals surface area (Å²) in [6.07, 6.45) is 2.71. The number of hydrogen-bond donors (Lipinski definition) is 2. The summed E-state index contributed by atoms with van der Waals surface area (Å²) in [6, 6.07) is 5.39. The largest absolute Gasteiger partial charge is 0.490 e. The Bertz CT molecular complexity index is 1060.